The molecule has 0 aliphatic heterocycles. The number of carbonyl (C=O) groups is 2. The molecule has 4 aromatic carbocycles. The van der Waals surface area contributed by atoms with Crippen LogP contribution in [0.4, 0.5) is 5.69 Å². The number of ether oxygens (including phenoxy) is 1. The van der Waals surface area contributed by atoms with Crippen LogP contribution in [0, 0.1) is 0 Å². The Morgan fingerprint density at radius 3 is 2.14 bits per heavy atom. The van der Waals surface area contributed by atoms with Crippen LogP contribution in [0.15, 0.2) is 91.0 Å². The minimum atomic E-state index is -1.35. The Labute approximate surface area is 167 Å². The number of hydrogen-bond acceptors (Lipinski definition) is 4. The van der Waals surface area contributed by atoms with Gasteiger partial charge >= 0.3 is 0 Å². The summed E-state index contributed by atoms with van der Waals surface area (Å²) in [5, 5.41) is 16.0. The standard InChI is InChI=1S/C24H17NO4/c26-23(25-22-8-4-3-7-21(22)24(27)28)17-10-12-19(13-11-17)29-20-14-9-16-5-1-2-6-18(16)15-20/h1-15H,(H,25,26)(H,27,28)/p-1. The second-order valence-electron chi connectivity index (χ2n) is 6.42. The van der Waals surface area contributed by atoms with E-state index in [0.717, 1.165) is 10.8 Å². The molecule has 4 rings (SSSR count). The van der Waals surface area contributed by atoms with Gasteiger partial charge in [-0.05, 0) is 53.2 Å². The molecule has 5 heteroatoms. The molecule has 0 unspecified atom stereocenters. The van der Waals surface area contributed by atoms with E-state index in [-0.39, 0.29) is 11.3 Å². The van der Waals surface area contributed by atoms with Crippen LogP contribution in [0.5, 0.6) is 11.5 Å². The predicted octanol–water partition coefficient (Wildman–Crippen LogP) is 4.25. The number of amides is 1. The predicted molar refractivity (Wildman–Crippen MR) is 109 cm³/mol. The Morgan fingerprint density at radius 2 is 1.38 bits per heavy atom. The zero-order valence-electron chi connectivity index (χ0n) is 15.3. The first kappa shape index (κ1) is 18.3. The minimum absolute atomic E-state index is 0.0721. The van der Waals surface area contributed by atoms with Gasteiger partial charge in [-0.2, -0.15) is 0 Å². The maximum Gasteiger partial charge on any atom is 0.255 e. The van der Waals surface area contributed by atoms with Crippen LogP contribution in [0.1, 0.15) is 20.7 Å². The third kappa shape index (κ3) is 4.09. The van der Waals surface area contributed by atoms with Crippen molar-refractivity contribution in [3.05, 3.63) is 102 Å². The second kappa shape index (κ2) is 7.86. The summed E-state index contributed by atoms with van der Waals surface area (Å²) in [6, 6.07) is 26.5. The smallest absolute Gasteiger partial charge is 0.255 e. The van der Waals surface area contributed by atoms with Gasteiger partial charge < -0.3 is 20.0 Å². The quantitative estimate of drug-likeness (QED) is 0.560. The summed E-state index contributed by atoms with van der Waals surface area (Å²) in [5.41, 5.74) is 0.495. The maximum absolute atomic E-state index is 12.4. The number of fused-ring (bicyclic) bond motifs is 1. The van der Waals surface area contributed by atoms with Crippen molar-refractivity contribution in [3.8, 4) is 11.5 Å². The molecule has 0 bridgehead atoms. The molecule has 0 atom stereocenters. The third-order valence-corrected chi connectivity index (χ3v) is 4.47. The van der Waals surface area contributed by atoms with Crippen molar-refractivity contribution in [3.63, 3.8) is 0 Å². The monoisotopic (exact) mass is 382 g/mol. The summed E-state index contributed by atoms with van der Waals surface area (Å²) < 4.78 is 5.87. The lowest BCUT2D eigenvalue weighted by Gasteiger charge is -2.12. The fourth-order valence-electron chi connectivity index (χ4n) is 3.01. The zero-order chi connectivity index (χ0) is 20.2. The number of carboxylic acid groups (broad SMARTS) is 1. The van der Waals surface area contributed by atoms with Crippen LogP contribution >= 0.6 is 0 Å². The van der Waals surface area contributed by atoms with E-state index in [9.17, 15) is 14.7 Å². The van der Waals surface area contributed by atoms with E-state index in [1.54, 1.807) is 36.4 Å². The molecular weight excluding hydrogens is 366 g/mol. The number of para-hydroxylation sites is 1. The number of nitrogens with one attached hydrogen (secondary N) is 1. The molecule has 0 saturated heterocycles. The molecule has 0 aromatic heterocycles. The van der Waals surface area contributed by atoms with E-state index >= 15 is 0 Å². The highest BCUT2D eigenvalue weighted by Gasteiger charge is 2.10. The normalized spacial score (nSPS) is 10.5. The molecule has 0 aliphatic carbocycles. The molecule has 142 valence electrons. The van der Waals surface area contributed by atoms with Gasteiger partial charge in [-0.15, -0.1) is 0 Å². The third-order valence-electron chi connectivity index (χ3n) is 4.47. The Kier molecular flexibility index (Phi) is 4.95. The highest BCUT2D eigenvalue weighted by molar-refractivity contribution is 6.07. The van der Waals surface area contributed by atoms with Crippen molar-refractivity contribution in [1.29, 1.82) is 0 Å². The van der Waals surface area contributed by atoms with Crippen molar-refractivity contribution < 1.29 is 19.4 Å². The van der Waals surface area contributed by atoms with Crippen LogP contribution in [0.25, 0.3) is 10.8 Å². The van der Waals surface area contributed by atoms with Crippen molar-refractivity contribution in [2.24, 2.45) is 0 Å². The lowest BCUT2D eigenvalue weighted by Crippen LogP contribution is -2.24. The molecule has 0 radical (unpaired) electrons. The Balaban J connectivity index is 1.48. The topological polar surface area (TPSA) is 78.5 Å². The minimum Gasteiger partial charge on any atom is -0.545 e. The molecule has 1 amide bonds. The van der Waals surface area contributed by atoms with Gasteiger partial charge in [0.1, 0.15) is 11.5 Å². The lowest BCUT2D eigenvalue weighted by atomic mass is 10.1. The number of rotatable bonds is 5. The van der Waals surface area contributed by atoms with Crippen LogP contribution in [-0.4, -0.2) is 11.9 Å². The highest BCUT2D eigenvalue weighted by atomic mass is 16.5. The van der Waals surface area contributed by atoms with Crippen LogP contribution in [0.2, 0.25) is 0 Å². The largest absolute Gasteiger partial charge is 0.545 e. The summed E-state index contributed by atoms with van der Waals surface area (Å²) >= 11 is 0. The van der Waals surface area contributed by atoms with Crippen LogP contribution in [-0.2, 0) is 0 Å². The van der Waals surface area contributed by atoms with Gasteiger partial charge in [-0.25, -0.2) is 0 Å². The van der Waals surface area contributed by atoms with E-state index in [1.165, 1.54) is 12.1 Å². The summed E-state index contributed by atoms with van der Waals surface area (Å²) in [7, 11) is 0. The molecule has 0 heterocycles. The molecule has 0 saturated carbocycles. The van der Waals surface area contributed by atoms with E-state index in [2.05, 4.69) is 5.32 Å². The summed E-state index contributed by atoms with van der Waals surface area (Å²) in [6.45, 7) is 0. The highest BCUT2D eigenvalue weighted by Crippen LogP contribution is 2.26. The number of anilines is 1. The first-order valence-electron chi connectivity index (χ1n) is 8.98. The average Bonchev–Trinajstić information content (AvgIpc) is 2.74. The van der Waals surface area contributed by atoms with Crippen molar-refractivity contribution in [1.82, 2.24) is 0 Å². The Bertz CT molecular complexity index is 1200. The number of benzene rings is 4. The first-order chi connectivity index (χ1) is 14.1. The number of carboxylic acids is 1. The molecule has 4 aromatic rings. The molecule has 29 heavy (non-hydrogen) atoms. The molecule has 1 N–H and O–H groups in total. The second-order valence-corrected chi connectivity index (χ2v) is 6.42. The van der Waals surface area contributed by atoms with Gasteiger partial charge in [-0.1, -0.05) is 48.5 Å². The molecule has 0 aliphatic rings. The van der Waals surface area contributed by atoms with Crippen molar-refractivity contribution in [2.45, 2.75) is 0 Å². The number of aromatic carboxylic acids is 1. The zero-order valence-corrected chi connectivity index (χ0v) is 15.3. The summed E-state index contributed by atoms with van der Waals surface area (Å²) in [4.78, 5) is 23.6. The lowest BCUT2D eigenvalue weighted by molar-refractivity contribution is -0.254. The SMILES string of the molecule is O=C(Nc1ccccc1C(=O)[O-])c1ccc(Oc2ccc3ccccc3c2)cc1. The number of carbonyl (C=O) groups excluding carboxylic acids is 2. The Hall–Kier alpha value is -4.12. The van der Waals surface area contributed by atoms with E-state index in [0.29, 0.717) is 17.1 Å². The van der Waals surface area contributed by atoms with Gasteiger partial charge in [0.2, 0.25) is 0 Å². The molecule has 5 nitrogen and oxygen atoms in total. The van der Waals surface area contributed by atoms with E-state index < -0.39 is 11.9 Å². The van der Waals surface area contributed by atoms with Gasteiger partial charge in [0.05, 0.1) is 11.7 Å². The fourth-order valence-corrected chi connectivity index (χ4v) is 3.01. The summed E-state index contributed by atoms with van der Waals surface area (Å²) in [5.74, 6) is -0.480. The van der Waals surface area contributed by atoms with Gasteiger partial charge in [0, 0.05) is 11.1 Å². The van der Waals surface area contributed by atoms with Gasteiger partial charge in [0.25, 0.3) is 5.91 Å². The van der Waals surface area contributed by atoms with Gasteiger partial charge in [-0.3, -0.25) is 4.79 Å². The first-order valence-corrected chi connectivity index (χ1v) is 8.98. The van der Waals surface area contributed by atoms with E-state index in [4.69, 9.17) is 4.74 Å². The summed E-state index contributed by atoms with van der Waals surface area (Å²) in [6.07, 6.45) is 0. The van der Waals surface area contributed by atoms with Crippen molar-refractivity contribution in [2.75, 3.05) is 5.32 Å². The molecule has 0 fully saturated rings. The maximum atomic E-state index is 12.4. The molecular formula is C24H16NO4-. The Morgan fingerprint density at radius 1 is 0.724 bits per heavy atom. The van der Waals surface area contributed by atoms with Gasteiger partial charge in [0.15, 0.2) is 0 Å². The fraction of sp³-hybridized carbons (Fsp3) is 0. The van der Waals surface area contributed by atoms with E-state index in [1.807, 2.05) is 42.5 Å². The average molecular weight is 382 g/mol. The van der Waals surface area contributed by atoms with Crippen molar-refractivity contribution >= 4 is 28.3 Å². The van der Waals surface area contributed by atoms with Crippen LogP contribution < -0.4 is 15.2 Å². The molecule has 0 spiro atoms. The number of hydrogen-bond donors (Lipinski definition) is 1. The van der Waals surface area contributed by atoms with Crippen LogP contribution in [0.3, 0.4) is 0 Å².